The van der Waals surface area contributed by atoms with Crippen LogP contribution < -0.4 is 46.1 Å². The summed E-state index contributed by atoms with van der Waals surface area (Å²) in [6.45, 7) is 3.07. The minimum atomic E-state index is -1.32. The number of carboxylic acids is 1. The van der Waals surface area contributed by atoms with Gasteiger partial charge in [0.25, 0.3) is 35.4 Å². The number of anilines is 4. The summed E-state index contributed by atoms with van der Waals surface area (Å²) < 4.78 is 95.7. The first-order chi connectivity index (χ1) is 69.6. The Morgan fingerprint density at radius 2 is 0.600 bits per heavy atom. The van der Waals surface area contributed by atoms with Crippen molar-refractivity contribution >= 4 is 123 Å². The van der Waals surface area contributed by atoms with Crippen LogP contribution in [0.4, 0.5) is 40.8 Å². The molecule has 39 heteroatoms. The fourth-order valence-electron chi connectivity index (χ4n) is 14.3. The van der Waals surface area contributed by atoms with Gasteiger partial charge in [0.05, 0.1) is 19.3 Å². The highest BCUT2D eigenvalue weighted by Gasteiger charge is 2.30. The molecule has 7 aromatic carbocycles. The molecule has 0 spiro atoms. The Morgan fingerprint density at radius 3 is 0.890 bits per heavy atom. The third-order valence-electron chi connectivity index (χ3n) is 21.5. The molecule has 2 unspecified atom stereocenters. The van der Waals surface area contributed by atoms with E-state index >= 15 is 0 Å². The SMILES string of the molecule is CCC(O)CNC(=O)c1nc(NC(=O)COC)c2cc(Cc3ccc(F)cc3)cnc2c1O.CCC(O)CNC(=O)c1nc(NC(=O)COC)c2cc(Cc3ccc(F)cc3)cnc2c1OCc1ccccc1.COCC(=O)Nc1nc(C(=O)O)c(OCc2ccccc2)c2ncc(Cc3ccc(F)cc3)cc12.COCC(=O)Nc1nc(C(=O)OC)c(OCc2ccccc2)c2ncc(Cc3ccc(F)cc3)cc12.[BH4-]. The number of hydrogen-bond donors (Lipinski definition) is 10. The first kappa shape index (κ1) is 109. The number of methoxy groups -OCH3 is 5. The largest absolute Gasteiger partial charge is 0.504 e. The number of carboxylic acid groups (broad SMARTS) is 1. The number of carbonyl (C=O) groups excluding carboxylic acids is 7. The van der Waals surface area contributed by atoms with E-state index in [9.17, 15) is 76.3 Å². The summed E-state index contributed by atoms with van der Waals surface area (Å²) in [5.41, 5.74) is 9.12. The van der Waals surface area contributed by atoms with Gasteiger partial charge < -0.3 is 90.2 Å². The van der Waals surface area contributed by atoms with Crippen molar-refractivity contribution in [3.8, 4) is 23.0 Å². The maximum absolute atomic E-state index is 13.4. The third-order valence-corrected chi connectivity index (χ3v) is 21.5. The number of fused-ring (bicyclic) bond motifs is 4. The Labute approximate surface area is 831 Å². The predicted molar refractivity (Wildman–Crippen MR) is 538 cm³/mol. The summed E-state index contributed by atoms with van der Waals surface area (Å²) in [6, 6.07) is 59.5. The number of nitrogens with one attached hydrogen (secondary N) is 6. The number of pyridine rings is 8. The molecule has 0 aliphatic carbocycles. The maximum Gasteiger partial charge on any atom is 0.360 e. The smallest absolute Gasteiger partial charge is 0.360 e. The van der Waals surface area contributed by atoms with Gasteiger partial charge in [-0.05, 0) is 173 Å². The molecule has 0 bridgehead atoms. The monoisotopic (exact) mass is 1980 g/mol. The number of rotatable bonds is 39. The predicted octanol–water partition coefficient (Wildman–Crippen LogP) is 13.3. The Balaban J connectivity index is 0.000000184. The van der Waals surface area contributed by atoms with E-state index in [0.717, 1.165) is 61.2 Å². The van der Waals surface area contributed by atoms with E-state index in [1.54, 1.807) is 105 Å². The van der Waals surface area contributed by atoms with Crippen LogP contribution >= 0.6 is 0 Å². The lowest BCUT2D eigenvalue weighted by Gasteiger charge is -2.17. The molecular weight excluding hydrogens is 1880 g/mol. The second kappa shape index (κ2) is 53.8. The van der Waals surface area contributed by atoms with Gasteiger partial charge >= 0.3 is 11.9 Å². The fourth-order valence-corrected chi connectivity index (χ4v) is 14.3. The van der Waals surface area contributed by atoms with Crippen LogP contribution in [0.2, 0.25) is 0 Å². The lowest BCUT2D eigenvalue weighted by atomic mass is 10.0. The highest BCUT2D eigenvalue weighted by atomic mass is 19.1. The second-order valence-electron chi connectivity index (χ2n) is 32.3. The Morgan fingerprint density at radius 1 is 0.338 bits per heavy atom. The standard InChI is InChI=1S/C30H31FN4O5.C27H24FN3O5.C26H22FN3O5.C23H25FN4O5.BH4/c1-3-23(36)16-33-30(38)27-28(40-17-20-7-5-4-6-8-20)26-24(29(35-27)34-25(37)18-39-2)14-21(15-32-26)13-19-9-11-22(31)12-10-19;1-34-16-22(32)30-26-21-13-19(12-17-8-10-20(28)11-9-17)14-29-23(21)25(24(31-26)27(33)35-2)36-15-18-6-4-3-5-7-18;1-34-15-21(31)29-25-20-12-18(11-16-7-9-19(27)10-8-16)13-28-22(20)24(23(30-25)26(32)33)35-14-17-5-3-2-4-6-17;1-3-16(29)11-26-23(32)20-21(31)19-17(22(28-20)27-18(30)12-33-2)9-14(10-25-19)8-13-4-6-15(24)7-5-13;/h4-12,14-15,23,36H,3,13,16-18H2,1-2H3,(H,33,38)(H,34,35,37);3-11,13-14H,12,15-16H2,1-2H3,(H,30,31,32);2-10,12-13H,11,14-15H2,1H3,(H,32,33)(H,29,30,31);4-7,9-10,16,29,31H,3,8,11-12H2,1-2H3,(H,26,32)(H,27,28,30);1H4/q;;;;-1. The van der Waals surface area contributed by atoms with Crippen molar-refractivity contribution in [3.05, 3.63) is 344 Å². The summed E-state index contributed by atoms with van der Waals surface area (Å²) >= 11 is 0. The normalized spacial score (nSPS) is 11.2. The van der Waals surface area contributed by atoms with E-state index < -0.39 is 65.3 Å². The van der Waals surface area contributed by atoms with Crippen molar-refractivity contribution in [2.24, 2.45) is 0 Å². The molecule has 34 nitrogen and oxygen atoms in total. The second-order valence-corrected chi connectivity index (χ2v) is 32.3. The topological polar surface area (TPSA) is 467 Å². The zero-order chi connectivity index (χ0) is 103. The van der Waals surface area contributed by atoms with Crippen molar-refractivity contribution in [2.75, 3.05) is 96.3 Å². The fraction of sp³-hybridized carbons (Fsp3) is 0.226. The molecule has 15 aromatic rings. The number of aliphatic hydroxyl groups is 2. The average molecular weight is 1980 g/mol. The minimum Gasteiger partial charge on any atom is -0.504 e. The van der Waals surface area contributed by atoms with Gasteiger partial charge in [-0.15, -0.1) is 0 Å². The number of esters is 1. The number of halogens is 4. The molecule has 145 heavy (non-hydrogen) atoms. The van der Waals surface area contributed by atoms with E-state index in [1.165, 1.54) is 90.3 Å². The average Bonchev–Trinajstić information content (AvgIpc) is 0.776. The van der Waals surface area contributed by atoms with E-state index in [0.29, 0.717) is 71.1 Å². The summed E-state index contributed by atoms with van der Waals surface area (Å²) in [5, 5.41) is 57.6. The zero-order valence-corrected chi connectivity index (χ0v) is 79.2. The molecule has 0 saturated heterocycles. The van der Waals surface area contributed by atoms with Gasteiger partial charge in [0, 0.05) is 87.9 Å². The molecule has 15 rings (SSSR count). The van der Waals surface area contributed by atoms with Crippen molar-refractivity contribution in [1.29, 1.82) is 0 Å². The molecule has 0 aliphatic rings. The molecule has 2 atom stereocenters. The lowest BCUT2D eigenvalue weighted by Crippen LogP contribution is -2.33. The molecule has 752 valence electrons. The minimum absolute atomic E-state index is 0. The van der Waals surface area contributed by atoms with Crippen LogP contribution in [0.3, 0.4) is 0 Å². The molecule has 0 aliphatic heterocycles. The number of carbonyl (C=O) groups is 8. The molecule has 0 saturated carbocycles. The van der Waals surface area contributed by atoms with Crippen molar-refractivity contribution < 1.29 is 114 Å². The molecule has 6 amide bonds. The number of aromatic hydroxyl groups is 1. The number of benzene rings is 7. The molecule has 0 fully saturated rings. The van der Waals surface area contributed by atoms with Crippen LogP contribution in [-0.2, 0) is 88.4 Å². The highest BCUT2D eigenvalue weighted by molar-refractivity contribution is 6.11. The van der Waals surface area contributed by atoms with E-state index in [4.69, 9.17) is 37.9 Å². The van der Waals surface area contributed by atoms with E-state index in [-0.39, 0.29) is 165 Å². The number of ether oxygens (including phenoxy) is 8. The van der Waals surface area contributed by atoms with Gasteiger partial charge in [-0.25, -0.2) is 47.1 Å². The number of amides is 6. The Hall–Kier alpha value is -16.7. The summed E-state index contributed by atoms with van der Waals surface area (Å²) in [7, 11) is 6.76. The molecule has 10 N–H and O–H groups in total. The van der Waals surface area contributed by atoms with Crippen molar-refractivity contribution in [1.82, 2.24) is 50.5 Å². The Kier molecular flexibility index (Phi) is 40.3. The van der Waals surface area contributed by atoms with Crippen LogP contribution in [-0.4, -0.2) is 203 Å². The lowest BCUT2D eigenvalue weighted by molar-refractivity contribution is -0.120. The Bertz CT molecular complexity index is 7030. The first-order valence-electron chi connectivity index (χ1n) is 45.0. The zero-order valence-electron chi connectivity index (χ0n) is 79.2. The van der Waals surface area contributed by atoms with E-state index in [1.807, 2.05) is 91.0 Å². The summed E-state index contributed by atoms with van der Waals surface area (Å²) in [4.78, 5) is 135. The number of hydrogen-bond acceptors (Lipinski definition) is 27. The van der Waals surface area contributed by atoms with Gasteiger partial charge in [0.15, 0.2) is 45.8 Å². The first-order valence-corrected chi connectivity index (χ1v) is 45.0. The highest BCUT2D eigenvalue weighted by Crippen LogP contribution is 2.39. The van der Waals surface area contributed by atoms with Crippen LogP contribution in [0.15, 0.2) is 237 Å². The number of aromatic nitrogens is 8. The van der Waals surface area contributed by atoms with Gasteiger partial charge in [0.2, 0.25) is 0 Å². The molecule has 8 heterocycles. The van der Waals surface area contributed by atoms with Gasteiger partial charge in [-0.1, -0.05) is 162 Å². The maximum atomic E-state index is 13.4. The van der Waals surface area contributed by atoms with Crippen molar-refractivity contribution in [2.45, 2.75) is 84.4 Å². The van der Waals surface area contributed by atoms with Gasteiger partial charge in [-0.3, -0.25) is 48.7 Å². The van der Waals surface area contributed by atoms with Crippen LogP contribution in [0.1, 0.15) is 130 Å². The van der Waals surface area contributed by atoms with E-state index in [2.05, 4.69) is 71.8 Å². The summed E-state index contributed by atoms with van der Waals surface area (Å²) in [6.07, 6.45) is 7.60. The van der Waals surface area contributed by atoms with Crippen LogP contribution in [0, 0.1) is 23.3 Å². The molecular formula is C106H106BF4N14O20-. The number of aliphatic hydroxyl groups excluding tert-OH is 2. The molecule has 8 aromatic heterocycles. The third kappa shape index (κ3) is 30.9. The van der Waals surface area contributed by atoms with Gasteiger partial charge in [-0.2, -0.15) is 0 Å². The number of nitrogens with zero attached hydrogens (tertiary/aromatic N) is 8. The molecule has 0 radical (unpaired) electrons. The number of aromatic carboxylic acids is 1. The quantitative estimate of drug-likeness (QED) is 0.00971. The van der Waals surface area contributed by atoms with Gasteiger partial charge in [0.1, 0.15) is 115 Å². The van der Waals surface area contributed by atoms with Crippen LogP contribution in [0.5, 0.6) is 23.0 Å². The van der Waals surface area contributed by atoms with Crippen LogP contribution in [0.25, 0.3) is 43.6 Å². The summed E-state index contributed by atoms with van der Waals surface area (Å²) in [5.74, 6) is -6.52. The van der Waals surface area contributed by atoms with Crippen molar-refractivity contribution in [3.63, 3.8) is 0 Å².